The van der Waals surface area contributed by atoms with E-state index in [1.54, 1.807) is 12.1 Å². The number of hydrogen-bond donors (Lipinski definition) is 3. The lowest BCUT2D eigenvalue weighted by molar-refractivity contribution is -0.137. The first-order valence-electron chi connectivity index (χ1n) is 12.5. The fraction of sp³-hybridized carbons (Fsp3) is 0.481. The quantitative estimate of drug-likeness (QED) is 0.379. The van der Waals surface area contributed by atoms with Crippen LogP contribution in [0.25, 0.3) is 0 Å². The minimum Gasteiger partial charge on any atom is -0.494 e. The summed E-state index contributed by atoms with van der Waals surface area (Å²) < 4.78 is 11.0. The molecular weight excluding hydrogens is 446 g/mol. The van der Waals surface area contributed by atoms with Gasteiger partial charge in [-0.1, -0.05) is 13.0 Å². The van der Waals surface area contributed by atoms with E-state index in [0.29, 0.717) is 30.4 Å². The molecule has 2 aromatic rings. The monoisotopic (exact) mass is 483 g/mol. The molecule has 0 spiro atoms. The number of amides is 2. The summed E-state index contributed by atoms with van der Waals surface area (Å²) in [5, 5.41) is 15.3. The van der Waals surface area contributed by atoms with E-state index in [1.165, 1.54) is 0 Å². The maximum Gasteiger partial charge on any atom is 0.323 e. The fourth-order valence-electron chi connectivity index (χ4n) is 4.57. The van der Waals surface area contributed by atoms with Gasteiger partial charge in [0, 0.05) is 31.5 Å². The van der Waals surface area contributed by atoms with E-state index in [9.17, 15) is 14.7 Å². The molecule has 3 rings (SSSR count). The highest BCUT2D eigenvalue weighted by Crippen LogP contribution is 2.35. The molecule has 0 bridgehead atoms. The lowest BCUT2D eigenvalue weighted by Crippen LogP contribution is -2.40. The molecule has 190 valence electrons. The second-order valence-corrected chi connectivity index (χ2v) is 8.65. The molecule has 0 unspecified atom stereocenters. The van der Waals surface area contributed by atoms with Crippen LogP contribution in [0.3, 0.4) is 0 Å². The molecule has 3 N–H and O–H groups in total. The number of carbonyl (C=O) groups is 2. The predicted molar refractivity (Wildman–Crippen MR) is 139 cm³/mol. The smallest absolute Gasteiger partial charge is 0.323 e. The Bertz CT molecular complexity index is 973. The second kappa shape index (κ2) is 13.0. The molecule has 0 saturated carbocycles. The maximum absolute atomic E-state index is 13.0. The van der Waals surface area contributed by atoms with Gasteiger partial charge in [-0.25, -0.2) is 4.79 Å². The molecule has 0 aliphatic carbocycles. The van der Waals surface area contributed by atoms with Gasteiger partial charge in [-0.2, -0.15) is 0 Å². The van der Waals surface area contributed by atoms with Crippen LogP contribution in [0, 0.1) is 0 Å². The molecule has 1 atom stereocenters. The Kier molecular flexibility index (Phi) is 9.78. The van der Waals surface area contributed by atoms with Crippen molar-refractivity contribution in [3.8, 4) is 5.75 Å². The van der Waals surface area contributed by atoms with Crippen molar-refractivity contribution >= 4 is 29.1 Å². The van der Waals surface area contributed by atoms with Crippen molar-refractivity contribution < 1.29 is 24.2 Å². The molecule has 8 heteroatoms. The van der Waals surface area contributed by atoms with Crippen LogP contribution in [0.4, 0.5) is 21.9 Å². The molecule has 1 fully saturated rings. The zero-order chi connectivity index (χ0) is 25.2. The van der Waals surface area contributed by atoms with Crippen molar-refractivity contribution in [1.29, 1.82) is 0 Å². The maximum atomic E-state index is 13.0. The van der Waals surface area contributed by atoms with Crippen molar-refractivity contribution in [3.63, 3.8) is 0 Å². The zero-order valence-corrected chi connectivity index (χ0v) is 20.9. The van der Waals surface area contributed by atoms with Crippen molar-refractivity contribution in [2.75, 3.05) is 41.9 Å². The number of nitrogens with zero attached hydrogens (tertiary/aromatic N) is 1. The van der Waals surface area contributed by atoms with Crippen LogP contribution >= 0.6 is 0 Å². The Hall–Kier alpha value is -3.26. The average molecular weight is 484 g/mol. The zero-order valence-electron chi connectivity index (χ0n) is 20.9. The van der Waals surface area contributed by atoms with E-state index in [1.807, 2.05) is 44.2 Å². The Morgan fingerprint density at radius 2 is 1.80 bits per heavy atom. The van der Waals surface area contributed by atoms with Gasteiger partial charge in [-0.15, -0.1) is 0 Å². The summed E-state index contributed by atoms with van der Waals surface area (Å²) in [5.74, 6) is -0.219. The summed E-state index contributed by atoms with van der Waals surface area (Å²) in [6, 6.07) is 13.1. The molecule has 0 radical (unpaired) electrons. The normalized spacial score (nSPS) is 14.7. The van der Waals surface area contributed by atoms with E-state index in [-0.39, 0.29) is 18.4 Å². The van der Waals surface area contributed by atoms with Crippen LogP contribution in [0.2, 0.25) is 0 Å². The molecule has 8 nitrogen and oxygen atoms in total. The third-order valence-electron chi connectivity index (χ3n) is 6.36. The van der Waals surface area contributed by atoms with Gasteiger partial charge in [0.25, 0.3) is 0 Å². The number of ether oxygens (including phenoxy) is 2. The summed E-state index contributed by atoms with van der Waals surface area (Å²) in [6.45, 7) is 8.80. The van der Waals surface area contributed by atoms with Gasteiger partial charge >= 0.3 is 12.0 Å². The number of anilines is 3. The molecule has 1 heterocycles. The summed E-state index contributed by atoms with van der Waals surface area (Å²) >= 11 is 0. The molecule has 1 aliphatic rings. The minimum atomic E-state index is -0.832. The van der Waals surface area contributed by atoms with E-state index >= 15 is 0 Å². The third kappa shape index (κ3) is 7.36. The highest BCUT2D eigenvalue weighted by Gasteiger charge is 2.24. The van der Waals surface area contributed by atoms with E-state index < -0.39 is 5.97 Å². The molecule has 2 amide bonds. The third-order valence-corrected chi connectivity index (χ3v) is 6.36. The molecule has 2 aromatic carbocycles. The van der Waals surface area contributed by atoms with E-state index in [4.69, 9.17) is 9.47 Å². The van der Waals surface area contributed by atoms with Crippen LogP contribution in [0.5, 0.6) is 5.75 Å². The van der Waals surface area contributed by atoms with Gasteiger partial charge in [-0.3, -0.25) is 4.79 Å². The standard InChI is InChI=1S/C27H37N3O5/c1-4-19(18-26(31)32)20-7-12-25(30(5-2)22-13-15-34-16-14-22)24(17-20)29-27(33)28-21-8-10-23(11-9-21)35-6-3/h7-12,17,19,22H,4-6,13-16,18H2,1-3H3,(H,31,32)(H2,28,29,33)/t19-/m0/s1. The Labute approximate surface area is 207 Å². The highest BCUT2D eigenvalue weighted by molar-refractivity contribution is 6.02. The van der Waals surface area contributed by atoms with Crippen molar-refractivity contribution in [2.24, 2.45) is 0 Å². The van der Waals surface area contributed by atoms with Crippen molar-refractivity contribution in [2.45, 2.75) is 58.4 Å². The van der Waals surface area contributed by atoms with E-state index in [0.717, 1.165) is 49.6 Å². The average Bonchev–Trinajstić information content (AvgIpc) is 2.85. The van der Waals surface area contributed by atoms with Gasteiger partial charge < -0.3 is 30.1 Å². The number of carboxylic acids is 1. The molecule has 1 aliphatic heterocycles. The van der Waals surface area contributed by atoms with Gasteiger partial charge in [0.15, 0.2) is 0 Å². The summed E-state index contributed by atoms with van der Waals surface area (Å²) in [7, 11) is 0. The summed E-state index contributed by atoms with van der Waals surface area (Å²) in [6.07, 6.45) is 2.58. The van der Waals surface area contributed by atoms with Crippen molar-refractivity contribution in [3.05, 3.63) is 48.0 Å². The fourth-order valence-corrected chi connectivity index (χ4v) is 4.57. The molecular formula is C27H37N3O5. The Balaban J connectivity index is 1.87. The molecule has 0 aromatic heterocycles. The van der Waals surface area contributed by atoms with Gasteiger partial charge in [0.2, 0.25) is 0 Å². The van der Waals surface area contributed by atoms with Crippen LogP contribution in [-0.2, 0) is 9.53 Å². The SMILES string of the molecule is CCOc1ccc(NC(=O)Nc2cc([C@@H](CC)CC(=O)O)ccc2N(CC)C2CCOCC2)cc1. The van der Waals surface area contributed by atoms with Gasteiger partial charge in [-0.05, 0) is 81.0 Å². The first-order chi connectivity index (χ1) is 16.9. The van der Waals surface area contributed by atoms with Gasteiger partial charge in [0.05, 0.1) is 24.4 Å². The number of hydrogen-bond acceptors (Lipinski definition) is 5. The molecule has 35 heavy (non-hydrogen) atoms. The van der Waals surface area contributed by atoms with Gasteiger partial charge in [0.1, 0.15) is 5.75 Å². The van der Waals surface area contributed by atoms with E-state index in [2.05, 4.69) is 22.5 Å². The summed E-state index contributed by atoms with van der Waals surface area (Å²) in [4.78, 5) is 26.7. The number of carboxylic acid groups (broad SMARTS) is 1. The largest absolute Gasteiger partial charge is 0.494 e. The van der Waals surface area contributed by atoms with Crippen molar-refractivity contribution in [1.82, 2.24) is 0 Å². The van der Waals surface area contributed by atoms with Crippen LogP contribution in [-0.4, -0.2) is 49.5 Å². The Morgan fingerprint density at radius 1 is 1.09 bits per heavy atom. The number of urea groups is 1. The first kappa shape index (κ1) is 26.3. The van der Waals surface area contributed by atoms with Crippen LogP contribution in [0.15, 0.2) is 42.5 Å². The number of rotatable bonds is 11. The first-order valence-corrected chi connectivity index (χ1v) is 12.5. The van der Waals surface area contributed by atoms with Crippen LogP contribution < -0.4 is 20.3 Å². The number of aliphatic carboxylic acids is 1. The summed E-state index contributed by atoms with van der Waals surface area (Å²) in [5.41, 5.74) is 3.15. The number of nitrogens with one attached hydrogen (secondary N) is 2. The predicted octanol–water partition coefficient (Wildman–Crippen LogP) is 5.70. The number of benzene rings is 2. The number of carbonyl (C=O) groups excluding carboxylic acids is 1. The minimum absolute atomic E-state index is 0.0467. The Morgan fingerprint density at radius 3 is 2.40 bits per heavy atom. The highest BCUT2D eigenvalue weighted by atomic mass is 16.5. The second-order valence-electron chi connectivity index (χ2n) is 8.65. The lowest BCUT2D eigenvalue weighted by atomic mass is 9.92. The lowest BCUT2D eigenvalue weighted by Gasteiger charge is -2.36. The van der Waals surface area contributed by atoms with Crippen LogP contribution in [0.1, 0.15) is 57.9 Å². The topological polar surface area (TPSA) is 100 Å². The molecule has 1 saturated heterocycles.